The number of fused-ring (bicyclic) bond motifs is 1. The van der Waals surface area contributed by atoms with Crippen molar-refractivity contribution in [3.05, 3.63) is 89.1 Å². The summed E-state index contributed by atoms with van der Waals surface area (Å²) in [4.78, 5) is 19.6. The Morgan fingerprint density at radius 2 is 2.00 bits per heavy atom. The number of carbonyl (C=O) groups is 1. The molecular formula is C29H31N3O3. The second-order valence-corrected chi connectivity index (χ2v) is 9.43. The first-order valence-electron chi connectivity index (χ1n) is 12.3. The molecule has 1 saturated heterocycles. The normalized spacial score (nSPS) is 16.3. The summed E-state index contributed by atoms with van der Waals surface area (Å²) in [6.45, 7) is 5.71. The summed E-state index contributed by atoms with van der Waals surface area (Å²) in [5.41, 5.74) is 3.79. The van der Waals surface area contributed by atoms with Crippen molar-refractivity contribution in [1.82, 2.24) is 15.0 Å². The Balaban J connectivity index is 1.22. The fourth-order valence-electron chi connectivity index (χ4n) is 5.00. The molecule has 0 N–H and O–H groups in total. The number of aryl methyl sites for hydroxylation is 2. The van der Waals surface area contributed by atoms with E-state index >= 15 is 0 Å². The molecule has 3 heterocycles. The fraction of sp³-hybridized carbons (Fsp3) is 0.345. The number of rotatable bonds is 6. The molecule has 4 aromatic rings. The van der Waals surface area contributed by atoms with Gasteiger partial charge in [-0.15, -0.1) is 0 Å². The van der Waals surface area contributed by atoms with Crippen LogP contribution in [0.1, 0.15) is 52.2 Å². The van der Waals surface area contributed by atoms with Crippen molar-refractivity contribution in [2.24, 2.45) is 5.92 Å². The van der Waals surface area contributed by atoms with Gasteiger partial charge in [-0.25, -0.2) is 0 Å². The first kappa shape index (κ1) is 23.1. The zero-order chi connectivity index (χ0) is 24.2. The summed E-state index contributed by atoms with van der Waals surface area (Å²) >= 11 is 0. The van der Waals surface area contributed by atoms with Gasteiger partial charge in [-0.2, -0.15) is 0 Å². The highest BCUT2D eigenvalue weighted by Gasteiger charge is 2.23. The topological polar surface area (TPSA) is 68.5 Å². The number of likely N-dealkylation sites (tertiary alicyclic amines) is 1. The van der Waals surface area contributed by atoms with Gasteiger partial charge in [-0.05, 0) is 80.7 Å². The van der Waals surface area contributed by atoms with E-state index in [9.17, 15) is 4.79 Å². The van der Waals surface area contributed by atoms with Gasteiger partial charge >= 0.3 is 0 Å². The zero-order valence-electron chi connectivity index (χ0n) is 20.4. The lowest BCUT2D eigenvalue weighted by Crippen LogP contribution is -2.32. The fourth-order valence-corrected chi connectivity index (χ4v) is 5.00. The van der Waals surface area contributed by atoms with Crippen molar-refractivity contribution >= 4 is 16.7 Å². The van der Waals surface area contributed by atoms with Crippen LogP contribution in [0.4, 0.5) is 0 Å². The van der Waals surface area contributed by atoms with Crippen LogP contribution < -0.4 is 4.74 Å². The van der Waals surface area contributed by atoms with E-state index in [4.69, 9.17) is 9.26 Å². The third kappa shape index (κ3) is 5.21. The Labute approximate surface area is 205 Å². The lowest BCUT2D eigenvalue weighted by Gasteiger charge is -2.21. The van der Waals surface area contributed by atoms with Crippen molar-refractivity contribution < 1.29 is 14.1 Å². The maximum Gasteiger partial charge on any atom is 0.253 e. The highest BCUT2D eigenvalue weighted by Crippen LogP contribution is 2.27. The largest absolute Gasteiger partial charge is 0.489 e. The number of amides is 1. The molecule has 1 fully saturated rings. The number of carbonyl (C=O) groups excluding carboxylic acids is 1. The van der Waals surface area contributed by atoms with Crippen molar-refractivity contribution in [2.45, 2.75) is 46.1 Å². The summed E-state index contributed by atoms with van der Waals surface area (Å²) in [7, 11) is 0. The third-order valence-electron chi connectivity index (χ3n) is 7.06. The SMILES string of the molecule is Cc1noc(C)c1COc1cccc(C(=O)N2CCC[C@H](Cc3cccc4ccncc34)CC2)c1. The number of hydrogen-bond donors (Lipinski definition) is 0. The summed E-state index contributed by atoms with van der Waals surface area (Å²) in [5, 5.41) is 6.44. The average molecular weight is 470 g/mol. The number of pyridine rings is 1. The van der Waals surface area contributed by atoms with Crippen LogP contribution in [-0.4, -0.2) is 34.0 Å². The summed E-state index contributed by atoms with van der Waals surface area (Å²) in [6, 6.07) is 16.0. The first-order valence-corrected chi connectivity index (χ1v) is 12.3. The molecule has 0 radical (unpaired) electrons. The van der Waals surface area contributed by atoms with Crippen LogP contribution in [0.5, 0.6) is 5.75 Å². The summed E-state index contributed by atoms with van der Waals surface area (Å²) in [5.74, 6) is 2.06. The van der Waals surface area contributed by atoms with Crippen LogP contribution in [0.15, 0.2) is 65.4 Å². The van der Waals surface area contributed by atoms with Gasteiger partial charge in [0.05, 0.1) is 11.3 Å². The molecule has 6 heteroatoms. The first-order chi connectivity index (χ1) is 17.1. The summed E-state index contributed by atoms with van der Waals surface area (Å²) in [6.07, 6.45) is 7.99. The molecular weight excluding hydrogens is 438 g/mol. The minimum atomic E-state index is 0.0720. The van der Waals surface area contributed by atoms with Crippen LogP contribution >= 0.6 is 0 Å². The molecule has 1 aliphatic rings. The minimum Gasteiger partial charge on any atom is -0.489 e. The average Bonchev–Trinajstić information content (AvgIpc) is 3.06. The molecule has 0 aliphatic carbocycles. The smallest absolute Gasteiger partial charge is 0.253 e. The van der Waals surface area contributed by atoms with E-state index in [2.05, 4.69) is 34.4 Å². The van der Waals surface area contributed by atoms with Gasteiger partial charge in [-0.3, -0.25) is 9.78 Å². The van der Waals surface area contributed by atoms with Crippen molar-refractivity contribution in [1.29, 1.82) is 0 Å². The Kier molecular flexibility index (Phi) is 6.80. The van der Waals surface area contributed by atoms with E-state index in [1.54, 1.807) is 0 Å². The number of benzene rings is 2. The van der Waals surface area contributed by atoms with Crippen LogP contribution in [0.25, 0.3) is 10.8 Å². The molecule has 2 aromatic carbocycles. The molecule has 2 aromatic heterocycles. The molecule has 1 aliphatic heterocycles. The van der Waals surface area contributed by atoms with Crippen LogP contribution in [0.3, 0.4) is 0 Å². The molecule has 1 amide bonds. The Hall–Kier alpha value is -3.67. The highest BCUT2D eigenvalue weighted by molar-refractivity contribution is 5.94. The molecule has 35 heavy (non-hydrogen) atoms. The lowest BCUT2D eigenvalue weighted by atomic mass is 9.91. The summed E-state index contributed by atoms with van der Waals surface area (Å²) < 4.78 is 11.2. The second-order valence-electron chi connectivity index (χ2n) is 9.43. The van der Waals surface area contributed by atoms with E-state index in [1.165, 1.54) is 16.3 Å². The quantitative estimate of drug-likeness (QED) is 0.351. The monoisotopic (exact) mass is 469 g/mol. The predicted octanol–water partition coefficient (Wildman–Crippen LogP) is 5.90. The van der Waals surface area contributed by atoms with Gasteiger partial charge in [0, 0.05) is 36.4 Å². The van der Waals surface area contributed by atoms with Gasteiger partial charge in [0.15, 0.2) is 0 Å². The van der Waals surface area contributed by atoms with E-state index in [-0.39, 0.29) is 5.91 Å². The van der Waals surface area contributed by atoms with E-state index in [0.717, 1.165) is 55.8 Å². The van der Waals surface area contributed by atoms with Crippen molar-refractivity contribution in [3.63, 3.8) is 0 Å². The molecule has 6 nitrogen and oxygen atoms in total. The standard InChI is InChI=1S/C29H31N3O3/c1-20-28(21(2)35-31-20)19-34-26-10-4-9-25(17-26)29(33)32-14-5-6-22(12-15-32)16-24-8-3-7-23-11-13-30-18-27(23)24/h3-4,7-11,13,17-18,22H,5-6,12,14-16,19H2,1-2H3/t22-/m0/s1. The van der Waals surface area contributed by atoms with Gasteiger partial charge in [0.2, 0.25) is 0 Å². The molecule has 180 valence electrons. The molecule has 0 spiro atoms. The molecule has 5 rings (SSSR count). The van der Waals surface area contributed by atoms with Gasteiger partial charge < -0.3 is 14.2 Å². The van der Waals surface area contributed by atoms with Gasteiger partial charge in [-0.1, -0.05) is 29.4 Å². The van der Waals surface area contributed by atoms with Crippen molar-refractivity contribution in [2.75, 3.05) is 13.1 Å². The highest BCUT2D eigenvalue weighted by atomic mass is 16.5. The van der Waals surface area contributed by atoms with Gasteiger partial charge in [0.1, 0.15) is 18.1 Å². The lowest BCUT2D eigenvalue weighted by molar-refractivity contribution is 0.0759. The molecule has 0 unspecified atom stereocenters. The molecule has 1 atom stereocenters. The minimum absolute atomic E-state index is 0.0720. The number of aromatic nitrogens is 2. The maximum atomic E-state index is 13.3. The number of ether oxygens (including phenoxy) is 1. The zero-order valence-corrected chi connectivity index (χ0v) is 20.4. The van der Waals surface area contributed by atoms with E-state index in [0.29, 0.717) is 23.8 Å². The Morgan fingerprint density at radius 3 is 2.86 bits per heavy atom. The second kappa shape index (κ2) is 10.3. The predicted molar refractivity (Wildman–Crippen MR) is 135 cm³/mol. The van der Waals surface area contributed by atoms with Crippen molar-refractivity contribution in [3.8, 4) is 5.75 Å². The van der Waals surface area contributed by atoms with Gasteiger partial charge in [0.25, 0.3) is 5.91 Å². The van der Waals surface area contributed by atoms with E-state index in [1.807, 2.05) is 55.4 Å². The number of hydrogen-bond acceptors (Lipinski definition) is 5. The Bertz CT molecular complexity index is 1310. The van der Waals surface area contributed by atoms with Crippen LogP contribution in [0.2, 0.25) is 0 Å². The number of nitrogens with zero attached hydrogens (tertiary/aromatic N) is 3. The van der Waals surface area contributed by atoms with Crippen LogP contribution in [0, 0.1) is 19.8 Å². The van der Waals surface area contributed by atoms with E-state index < -0.39 is 0 Å². The maximum absolute atomic E-state index is 13.3. The molecule has 0 saturated carbocycles. The molecule has 0 bridgehead atoms. The van der Waals surface area contributed by atoms with Crippen LogP contribution in [-0.2, 0) is 13.0 Å². The Morgan fingerprint density at radius 1 is 1.11 bits per heavy atom. The third-order valence-corrected chi connectivity index (χ3v) is 7.06.